The lowest BCUT2D eigenvalue weighted by Crippen LogP contribution is -2.24. The third-order valence-electron chi connectivity index (χ3n) is 3.84. The number of nitrogens with one attached hydrogen (secondary N) is 1. The third-order valence-corrected chi connectivity index (χ3v) is 4.45. The highest BCUT2D eigenvalue weighted by Crippen LogP contribution is 2.35. The first-order chi connectivity index (χ1) is 13.6. The molecule has 3 aromatic carbocycles. The van der Waals surface area contributed by atoms with Gasteiger partial charge in [0.1, 0.15) is 5.75 Å². The Morgan fingerprint density at radius 2 is 1.93 bits per heavy atom. The van der Waals surface area contributed by atoms with Crippen LogP contribution >= 0.6 is 15.9 Å². The Hall–Kier alpha value is -3.06. The van der Waals surface area contributed by atoms with E-state index in [0.29, 0.717) is 28.1 Å². The second kappa shape index (κ2) is 9.23. The predicted octanol–water partition coefficient (Wildman–Crippen LogP) is 4.24. The van der Waals surface area contributed by atoms with Gasteiger partial charge in [0.15, 0.2) is 18.1 Å². The Morgan fingerprint density at radius 1 is 1.14 bits per heavy atom. The van der Waals surface area contributed by atoms with Gasteiger partial charge in [0.2, 0.25) is 0 Å². The molecule has 0 aliphatic rings. The lowest BCUT2D eigenvalue weighted by Gasteiger charge is -2.08. The number of amides is 1. The summed E-state index contributed by atoms with van der Waals surface area (Å²) in [5, 5.41) is 16.0. The van der Waals surface area contributed by atoms with Crippen LogP contribution in [0.25, 0.3) is 10.8 Å². The molecular weight excluding hydrogens is 424 g/mol. The Kier molecular flexibility index (Phi) is 6.49. The van der Waals surface area contributed by atoms with Gasteiger partial charge >= 0.3 is 0 Å². The van der Waals surface area contributed by atoms with Crippen molar-refractivity contribution >= 4 is 38.8 Å². The first-order valence-corrected chi connectivity index (χ1v) is 9.45. The molecule has 3 aromatic rings. The molecule has 0 unspecified atom stereocenters. The van der Waals surface area contributed by atoms with Crippen molar-refractivity contribution in [3.05, 3.63) is 64.6 Å². The van der Waals surface area contributed by atoms with E-state index in [0.717, 1.165) is 10.8 Å². The van der Waals surface area contributed by atoms with Gasteiger partial charge in [-0.25, -0.2) is 5.43 Å². The van der Waals surface area contributed by atoms with E-state index in [-0.39, 0.29) is 18.3 Å². The molecule has 0 heterocycles. The number of ether oxygens (including phenoxy) is 2. The number of aromatic hydroxyl groups is 1. The zero-order chi connectivity index (χ0) is 19.9. The van der Waals surface area contributed by atoms with Crippen LogP contribution in [-0.2, 0) is 4.79 Å². The number of benzene rings is 3. The highest BCUT2D eigenvalue weighted by atomic mass is 79.9. The number of hydrazone groups is 1. The summed E-state index contributed by atoms with van der Waals surface area (Å²) in [6, 6.07) is 16.9. The summed E-state index contributed by atoms with van der Waals surface area (Å²) < 4.78 is 11.4. The minimum Gasteiger partial charge on any atom is -0.503 e. The van der Waals surface area contributed by atoms with Gasteiger partial charge in [0.25, 0.3) is 5.91 Å². The number of fused-ring (bicyclic) bond motifs is 1. The molecule has 2 N–H and O–H groups in total. The smallest absolute Gasteiger partial charge is 0.277 e. The summed E-state index contributed by atoms with van der Waals surface area (Å²) >= 11 is 3.26. The fourth-order valence-electron chi connectivity index (χ4n) is 2.55. The first kappa shape index (κ1) is 19.7. The zero-order valence-corrected chi connectivity index (χ0v) is 16.8. The van der Waals surface area contributed by atoms with Crippen molar-refractivity contribution in [3.8, 4) is 17.2 Å². The number of hydrogen-bond donors (Lipinski definition) is 2. The normalized spacial score (nSPS) is 10.9. The molecule has 0 fully saturated rings. The van der Waals surface area contributed by atoms with Crippen LogP contribution in [0.4, 0.5) is 0 Å². The number of halogens is 1. The van der Waals surface area contributed by atoms with Crippen LogP contribution in [-0.4, -0.2) is 30.4 Å². The molecular formula is C21H19BrN2O4. The molecule has 0 radical (unpaired) electrons. The number of phenols is 1. The van der Waals surface area contributed by atoms with Crippen molar-refractivity contribution in [2.75, 3.05) is 13.2 Å². The summed E-state index contributed by atoms with van der Waals surface area (Å²) in [7, 11) is 0. The van der Waals surface area contributed by atoms with Crippen LogP contribution in [0.5, 0.6) is 17.2 Å². The maximum Gasteiger partial charge on any atom is 0.277 e. The van der Waals surface area contributed by atoms with Gasteiger partial charge in [-0.3, -0.25) is 4.79 Å². The number of hydrogen-bond acceptors (Lipinski definition) is 5. The molecule has 6 nitrogen and oxygen atoms in total. The average Bonchev–Trinajstić information content (AvgIpc) is 2.70. The third kappa shape index (κ3) is 5.01. The summed E-state index contributed by atoms with van der Waals surface area (Å²) in [4.78, 5) is 11.9. The predicted molar refractivity (Wildman–Crippen MR) is 112 cm³/mol. The summed E-state index contributed by atoms with van der Waals surface area (Å²) in [6.45, 7) is 2.09. The van der Waals surface area contributed by atoms with E-state index in [4.69, 9.17) is 9.47 Å². The fraction of sp³-hybridized carbons (Fsp3) is 0.143. The van der Waals surface area contributed by atoms with Crippen molar-refractivity contribution in [2.24, 2.45) is 5.10 Å². The van der Waals surface area contributed by atoms with E-state index in [1.54, 1.807) is 12.1 Å². The fourth-order valence-corrected chi connectivity index (χ4v) is 3.01. The van der Waals surface area contributed by atoms with Crippen molar-refractivity contribution in [1.82, 2.24) is 5.43 Å². The quantitative estimate of drug-likeness (QED) is 0.423. The number of phenolic OH excluding ortho intramolecular Hbond substituents is 1. The van der Waals surface area contributed by atoms with Crippen molar-refractivity contribution in [1.29, 1.82) is 0 Å². The van der Waals surface area contributed by atoms with Crippen molar-refractivity contribution in [2.45, 2.75) is 6.92 Å². The van der Waals surface area contributed by atoms with Gasteiger partial charge in [-0.2, -0.15) is 5.10 Å². The molecule has 7 heteroatoms. The summed E-state index contributed by atoms with van der Waals surface area (Å²) in [5.74, 6) is 0.588. The summed E-state index contributed by atoms with van der Waals surface area (Å²) in [5.41, 5.74) is 3.07. The second-order valence-corrected chi connectivity index (χ2v) is 6.73. The monoisotopic (exact) mass is 442 g/mol. The van der Waals surface area contributed by atoms with E-state index in [2.05, 4.69) is 26.5 Å². The van der Waals surface area contributed by atoms with Crippen LogP contribution in [0.3, 0.4) is 0 Å². The minimum atomic E-state index is -0.382. The van der Waals surface area contributed by atoms with Gasteiger partial charge < -0.3 is 14.6 Å². The Bertz CT molecular complexity index is 1020. The molecule has 0 aliphatic carbocycles. The molecule has 144 valence electrons. The second-order valence-electron chi connectivity index (χ2n) is 5.87. The molecule has 0 bridgehead atoms. The van der Waals surface area contributed by atoms with E-state index < -0.39 is 0 Å². The maximum atomic E-state index is 11.9. The standard InChI is InChI=1S/C21H19BrN2O4/c1-2-27-19-10-14(9-18(22)21(19)26)12-23-24-20(25)13-28-17-8-7-15-5-3-4-6-16(15)11-17/h3-12,26H,2,13H2,1H3,(H,24,25)/b23-12-. The lowest BCUT2D eigenvalue weighted by atomic mass is 10.1. The first-order valence-electron chi connectivity index (χ1n) is 8.65. The molecule has 0 saturated carbocycles. The average molecular weight is 443 g/mol. The van der Waals surface area contributed by atoms with Gasteiger partial charge in [-0.15, -0.1) is 0 Å². The molecule has 0 aliphatic heterocycles. The van der Waals surface area contributed by atoms with Crippen LogP contribution in [0.15, 0.2) is 64.2 Å². The van der Waals surface area contributed by atoms with Gasteiger partial charge in [-0.05, 0) is 63.5 Å². The van der Waals surface area contributed by atoms with E-state index in [9.17, 15) is 9.90 Å². The Morgan fingerprint density at radius 3 is 2.71 bits per heavy atom. The van der Waals surface area contributed by atoms with Gasteiger partial charge in [0, 0.05) is 0 Å². The van der Waals surface area contributed by atoms with E-state index in [1.165, 1.54) is 6.21 Å². The van der Waals surface area contributed by atoms with E-state index >= 15 is 0 Å². The highest BCUT2D eigenvalue weighted by molar-refractivity contribution is 9.10. The molecule has 0 saturated heterocycles. The SMILES string of the molecule is CCOc1cc(/C=N\NC(=O)COc2ccc3ccccc3c2)cc(Br)c1O. The number of carbonyl (C=O) groups is 1. The van der Waals surface area contributed by atoms with E-state index in [1.807, 2.05) is 49.4 Å². The van der Waals surface area contributed by atoms with Crippen molar-refractivity contribution < 1.29 is 19.4 Å². The molecule has 0 spiro atoms. The Labute approximate surface area is 170 Å². The highest BCUT2D eigenvalue weighted by Gasteiger charge is 2.08. The number of rotatable bonds is 7. The van der Waals surface area contributed by atoms with Crippen molar-refractivity contribution in [3.63, 3.8) is 0 Å². The van der Waals surface area contributed by atoms with Gasteiger partial charge in [0.05, 0.1) is 17.3 Å². The molecule has 0 atom stereocenters. The maximum absolute atomic E-state index is 11.9. The van der Waals surface area contributed by atoms with Crippen LogP contribution in [0.2, 0.25) is 0 Å². The molecule has 3 rings (SSSR count). The summed E-state index contributed by atoms with van der Waals surface area (Å²) in [6.07, 6.45) is 1.46. The number of nitrogens with zero attached hydrogens (tertiary/aromatic N) is 1. The largest absolute Gasteiger partial charge is 0.503 e. The van der Waals surface area contributed by atoms with Gasteiger partial charge in [-0.1, -0.05) is 30.3 Å². The Balaban J connectivity index is 1.56. The molecule has 0 aromatic heterocycles. The minimum absolute atomic E-state index is 0.0202. The molecule has 1 amide bonds. The number of carbonyl (C=O) groups excluding carboxylic acids is 1. The lowest BCUT2D eigenvalue weighted by molar-refractivity contribution is -0.123. The topological polar surface area (TPSA) is 80.2 Å². The van der Waals surface area contributed by atoms with Crippen LogP contribution in [0, 0.1) is 0 Å². The van der Waals surface area contributed by atoms with Crippen LogP contribution < -0.4 is 14.9 Å². The van der Waals surface area contributed by atoms with Crippen LogP contribution in [0.1, 0.15) is 12.5 Å². The zero-order valence-electron chi connectivity index (χ0n) is 15.2. The molecule has 28 heavy (non-hydrogen) atoms.